The molecule has 4 nitrogen and oxygen atoms in total. The van der Waals surface area contributed by atoms with Gasteiger partial charge in [0.2, 0.25) is 0 Å². The number of hydrogen-bond donors (Lipinski definition) is 0. The van der Waals surface area contributed by atoms with Crippen LogP contribution >= 0.6 is 0 Å². The van der Waals surface area contributed by atoms with Crippen LogP contribution in [0.3, 0.4) is 0 Å². The molecule has 0 aliphatic heterocycles. The quantitative estimate of drug-likeness (QED) is 0.177. The minimum atomic E-state index is -0.563. The molecule has 0 radical (unpaired) electrons. The monoisotopic (exact) mass is 828 g/mol. The molecule has 0 unspecified atom stereocenters. The standard InChI is InChI=1S/C61H36N2O2/c1-7-19-49-41(13-1)42-14-2-8-20-50(42)61(49,37-25-29-39(30-26-37)62-51-21-9-3-17-47(51)57-53(62)35-33-45-43-15-5-11-23-55(43)64-59(45)57)38-27-31-40(32-28-38)63-52-22-10-4-18-48(52)58-54(63)36-34-46-44-16-6-12-24-56(44)65-60(46)58/h1-36H. The largest absolute Gasteiger partial charge is 0.455 e. The second-order valence-corrected chi connectivity index (χ2v) is 17.5. The van der Waals surface area contributed by atoms with E-state index in [0.717, 1.165) is 88.1 Å². The van der Waals surface area contributed by atoms with E-state index in [4.69, 9.17) is 8.83 Å². The SMILES string of the molecule is c1ccc2c(c1)-c1ccccc1C2(c1ccc(-n2c3ccccc3c3c4oc5ccccc5c4ccc32)cc1)c1ccc(-n2c3ccccc3c3c4oc5ccccc5c4ccc32)cc1. The van der Waals surface area contributed by atoms with Gasteiger partial charge in [-0.15, -0.1) is 0 Å². The highest BCUT2D eigenvalue weighted by Crippen LogP contribution is 2.56. The van der Waals surface area contributed by atoms with E-state index in [1.54, 1.807) is 0 Å². The Bertz CT molecular complexity index is 4010. The summed E-state index contributed by atoms with van der Waals surface area (Å²) in [6.07, 6.45) is 0. The van der Waals surface area contributed by atoms with Gasteiger partial charge >= 0.3 is 0 Å². The van der Waals surface area contributed by atoms with Gasteiger partial charge in [-0.2, -0.15) is 0 Å². The lowest BCUT2D eigenvalue weighted by Gasteiger charge is -2.34. The molecule has 0 saturated heterocycles. The average molecular weight is 829 g/mol. The zero-order valence-corrected chi connectivity index (χ0v) is 35.0. The Hall–Kier alpha value is -8.60. The summed E-state index contributed by atoms with van der Waals surface area (Å²) in [7, 11) is 0. The lowest BCUT2D eigenvalue weighted by atomic mass is 9.67. The first-order valence-corrected chi connectivity index (χ1v) is 22.3. The first kappa shape index (κ1) is 34.9. The van der Waals surface area contributed by atoms with E-state index in [9.17, 15) is 0 Å². The number of fused-ring (bicyclic) bond motifs is 17. The van der Waals surface area contributed by atoms with Gasteiger partial charge in [0.1, 0.15) is 22.3 Å². The maximum atomic E-state index is 6.62. The smallest absolute Gasteiger partial charge is 0.145 e. The molecule has 1 aliphatic rings. The Morgan fingerprint density at radius 1 is 0.292 bits per heavy atom. The van der Waals surface area contributed by atoms with Crippen LogP contribution in [0.25, 0.3) is 110 Å². The van der Waals surface area contributed by atoms with Crippen LogP contribution in [0.1, 0.15) is 22.3 Å². The highest BCUT2D eigenvalue weighted by molar-refractivity contribution is 6.25. The van der Waals surface area contributed by atoms with Crippen molar-refractivity contribution in [2.45, 2.75) is 5.41 Å². The number of hydrogen-bond acceptors (Lipinski definition) is 2. The molecule has 0 spiro atoms. The maximum Gasteiger partial charge on any atom is 0.145 e. The molecule has 14 aromatic rings. The van der Waals surface area contributed by atoms with Crippen LogP contribution < -0.4 is 0 Å². The van der Waals surface area contributed by atoms with E-state index in [1.807, 2.05) is 12.1 Å². The molecule has 0 atom stereocenters. The van der Waals surface area contributed by atoms with Gasteiger partial charge in [0, 0.05) is 43.7 Å². The van der Waals surface area contributed by atoms with Crippen molar-refractivity contribution in [2.24, 2.45) is 0 Å². The van der Waals surface area contributed by atoms with Crippen LogP contribution in [-0.2, 0) is 5.41 Å². The molecule has 0 fully saturated rings. The molecule has 4 heterocycles. The Morgan fingerprint density at radius 3 is 1.14 bits per heavy atom. The van der Waals surface area contributed by atoms with E-state index in [1.165, 1.54) is 44.2 Å². The fourth-order valence-electron chi connectivity index (χ4n) is 11.8. The fourth-order valence-corrected chi connectivity index (χ4v) is 11.8. The van der Waals surface area contributed by atoms with Gasteiger partial charge in [0.25, 0.3) is 0 Å². The topological polar surface area (TPSA) is 36.1 Å². The van der Waals surface area contributed by atoms with Gasteiger partial charge in [-0.25, -0.2) is 0 Å². The molecular weight excluding hydrogens is 793 g/mol. The molecule has 10 aromatic carbocycles. The summed E-state index contributed by atoms with van der Waals surface area (Å²) < 4.78 is 18.0. The summed E-state index contributed by atoms with van der Waals surface area (Å²) in [6.45, 7) is 0. The molecule has 0 saturated carbocycles. The highest BCUT2D eigenvalue weighted by Gasteiger charge is 2.46. The van der Waals surface area contributed by atoms with E-state index < -0.39 is 5.41 Å². The Balaban J connectivity index is 0.930. The van der Waals surface area contributed by atoms with Crippen LogP contribution in [-0.4, -0.2) is 9.13 Å². The summed E-state index contributed by atoms with van der Waals surface area (Å²) in [5.74, 6) is 0. The lowest BCUT2D eigenvalue weighted by molar-refractivity contribution is 0.672. The van der Waals surface area contributed by atoms with Crippen LogP contribution in [0.5, 0.6) is 0 Å². The molecule has 1 aliphatic carbocycles. The van der Waals surface area contributed by atoms with Gasteiger partial charge in [0.05, 0.1) is 38.3 Å². The number of furan rings is 2. The van der Waals surface area contributed by atoms with Crippen LogP contribution in [0.15, 0.2) is 227 Å². The van der Waals surface area contributed by atoms with E-state index >= 15 is 0 Å². The van der Waals surface area contributed by atoms with Gasteiger partial charge in [-0.3, -0.25) is 0 Å². The van der Waals surface area contributed by atoms with Crippen LogP contribution in [0.4, 0.5) is 0 Å². The molecule has 15 rings (SSSR count). The molecule has 4 heteroatoms. The van der Waals surface area contributed by atoms with Crippen molar-refractivity contribution < 1.29 is 8.83 Å². The second kappa shape index (κ2) is 12.7. The van der Waals surface area contributed by atoms with Gasteiger partial charge in [0.15, 0.2) is 0 Å². The van der Waals surface area contributed by atoms with Crippen molar-refractivity contribution in [3.63, 3.8) is 0 Å². The second-order valence-electron chi connectivity index (χ2n) is 17.5. The van der Waals surface area contributed by atoms with Crippen molar-refractivity contribution in [2.75, 3.05) is 0 Å². The number of para-hydroxylation sites is 4. The van der Waals surface area contributed by atoms with Crippen LogP contribution in [0.2, 0.25) is 0 Å². The summed E-state index contributed by atoms with van der Waals surface area (Å²) in [5.41, 5.74) is 17.4. The van der Waals surface area contributed by atoms with Crippen molar-refractivity contribution in [1.82, 2.24) is 9.13 Å². The average Bonchev–Trinajstić information content (AvgIpc) is 4.17. The molecule has 0 bridgehead atoms. The minimum Gasteiger partial charge on any atom is -0.455 e. The summed E-state index contributed by atoms with van der Waals surface area (Å²) in [6, 6.07) is 79.6. The maximum absolute atomic E-state index is 6.62. The van der Waals surface area contributed by atoms with E-state index in [0.29, 0.717) is 0 Å². The summed E-state index contributed by atoms with van der Waals surface area (Å²) in [5, 5.41) is 9.19. The van der Waals surface area contributed by atoms with E-state index in [-0.39, 0.29) is 0 Å². The number of benzene rings is 10. The normalized spacial score (nSPS) is 13.4. The zero-order chi connectivity index (χ0) is 42.4. The minimum absolute atomic E-state index is 0.563. The third kappa shape index (κ3) is 4.50. The highest BCUT2D eigenvalue weighted by atomic mass is 16.3. The fraction of sp³-hybridized carbons (Fsp3) is 0.0164. The summed E-state index contributed by atoms with van der Waals surface area (Å²) in [4.78, 5) is 0. The Kier molecular flexibility index (Phi) is 6.85. The third-order valence-electron chi connectivity index (χ3n) is 14.4. The Labute approximate surface area is 372 Å². The van der Waals surface area contributed by atoms with Gasteiger partial charge in [-0.1, -0.05) is 146 Å². The van der Waals surface area contributed by atoms with E-state index in [2.05, 4.69) is 215 Å². The zero-order valence-electron chi connectivity index (χ0n) is 35.0. The van der Waals surface area contributed by atoms with Crippen LogP contribution in [0, 0.1) is 0 Å². The van der Waals surface area contributed by atoms with Crippen molar-refractivity contribution in [3.8, 4) is 22.5 Å². The molecular formula is C61H36N2O2. The predicted molar refractivity (Wildman–Crippen MR) is 267 cm³/mol. The molecule has 0 amide bonds. The van der Waals surface area contributed by atoms with Gasteiger partial charge < -0.3 is 18.0 Å². The molecule has 302 valence electrons. The predicted octanol–water partition coefficient (Wildman–Crippen LogP) is 16.0. The first-order valence-electron chi connectivity index (χ1n) is 22.3. The first-order chi connectivity index (χ1) is 32.3. The Morgan fingerprint density at radius 2 is 0.677 bits per heavy atom. The number of aromatic nitrogens is 2. The number of nitrogens with zero attached hydrogens (tertiary/aromatic N) is 2. The third-order valence-corrected chi connectivity index (χ3v) is 14.4. The molecule has 4 aromatic heterocycles. The van der Waals surface area contributed by atoms with Gasteiger partial charge in [-0.05, 0) is 106 Å². The molecule has 65 heavy (non-hydrogen) atoms. The number of rotatable bonds is 4. The van der Waals surface area contributed by atoms with Crippen molar-refractivity contribution >= 4 is 87.5 Å². The summed E-state index contributed by atoms with van der Waals surface area (Å²) >= 11 is 0. The van der Waals surface area contributed by atoms with Crippen molar-refractivity contribution in [3.05, 3.63) is 241 Å². The lowest BCUT2D eigenvalue weighted by Crippen LogP contribution is -2.28. The van der Waals surface area contributed by atoms with Crippen molar-refractivity contribution in [1.29, 1.82) is 0 Å². The molecule has 0 N–H and O–H groups in total.